The highest BCUT2D eigenvalue weighted by Crippen LogP contribution is 2.09. The third kappa shape index (κ3) is 6.49. The number of carbonyl (C=O) groups excluding carboxylic acids is 1. The molecule has 2 aromatic rings. The van der Waals surface area contributed by atoms with Gasteiger partial charge in [-0.1, -0.05) is 41.9 Å². The van der Waals surface area contributed by atoms with Gasteiger partial charge in [-0.25, -0.2) is 18.1 Å². The Morgan fingerprint density at radius 1 is 1.17 bits per heavy atom. The molecule has 126 valence electrons. The molecule has 0 fully saturated rings. The van der Waals surface area contributed by atoms with Crippen LogP contribution in [0, 0.1) is 0 Å². The van der Waals surface area contributed by atoms with Crippen LogP contribution in [0.3, 0.4) is 0 Å². The highest BCUT2D eigenvalue weighted by atomic mass is 35.5. The van der Waals surface area contributed by atoms with Crippen molar-refractivity contribution >= 4 is 39.3 Å². The highest BCUT2D eigenvalue weighted by molar-refractivity contribution is 7.92. The first-order valence-corrected chi connectivity index (χ1v) is 9.01. The maximum Gasteiger partial charge on any atom is 0.233 e. The van der Waals surface area contributed by atoms with Crippen molar-refractivity contribution in [1.82, 2.24) is 9.71 Å². The molecule has 0 bridgehead atoms. The molecule has 24 heavy (non-hydrogen) atoms. The number of benzene rings is 1. The van der Waals surface area contributed by atoms with Crippen molar-refractivity contribution < 1.29 is 13.2 Å². The quantitative estimate of drug-likeness (QED) is 0.738. The van der Waals surface area contributed by atoms with E-state index in [1.54, 1.807) is 24.3 Å². The Morgan fingerprint density at radius 2 is 1.92 bits per heavy atom. The molecule has 1 amide bonds. The summed E-state index contributed by atoms with van der Waals surface area (Å²) in [7, 11) is -3.59. The van der Waals surface area contributed by atoms with Gasteiger partial charge in [-0.2, -0.15) is 0 Å². The largest absolute Gasteiger partial charge is 0.325 e. The minimum absolute atomic E-state index is 0.00103. The summed E-state index contributed by atoms with van der Waals surface area (Å²) >= 11 is 5.65. The number of aromatic nitrogens is 1. The average molecular weight is 366 g/mol. The summed E-state index contributed by atoms with van der Waals surface area (Å²) in [5.74, 6) is -0.325. The molecule has 2 rings (SSSR count). The molecule has 0 aliphatic rings. The molecule has 0 unspecified atom stereocenters. The van der Waals surface area contributed by atoms with Crippen LogP contribution in [0.1, 0.15) is 12.0 Å². The molecule has 0 radical (unpaired) electrons. The van der Waals surface area contributed by atoms with Gasteiger partial charge in [0.25, 0.3) is 0 Å². The summed E-state index contributed by atoms with van der Waals surface area (Å²) < 4.78 is 26.0. The number of nitrogens with zero attached hydrogens (tertiary/aromatic N) is 1. The van der Waals surface area contributed by atoms with E-state index in [0.29, 0.717) is 10.8 Å². The lowest BCUT2D eigenvalue weighted by Crippen LogP contribution is -2.26. The Labute approximate surface area is 145 Å². The van der Waals surface area contributed by atoms with Gasteiger partial charge in [-0.3, -0.25) is 4.79 Å². The summed E-state index contributed by atoms with van der Waals surface area (Å²) in [6.07, 6.45) is 2.91. The third-order valence-corrected chi connectivity index (χ3v) is 4.23. The van der Waals surface area contributed by atoms with Crippen molar-refractivity contribution in [3.8, 4) is 0 Å². The Kier molecular flexibility index (Phi) is 6.48. The molecule has 0 saturated carbocycles. The van der Waals surface area contributed by atoms with Gasteiger partial charge in [0, 0.05) is 18.4 Å². The molecule has 0 aliphatic carbocycles. The normalized spacial score (nSPS) is 11.5. The molecule has 0 spiro atoms. The van der Waals surface area contributed by atoms with E-state index in [2.05, 4.69) is 15.0 Å². The van der Waals surface area contributed by atoms with Gasteiger partial charge < -0.3 is 5.32 Å². The second kappa shape index (κ2) is 8.58. The van der Waals surface area contributed by atoms with Gasteiger partial charge in [-0.05, 0) is 23.8 Å². The Hall–Kier alpha value is -2.22. The van der Waals surface area contributed by atoms with E-state index >= 15 is 0 Å². The Bertz CT molecular complexity index is 806. The molecule has 0 atom stereocenters. The highest BCUT2D eigenvalue weighted by Gasteiger charge is 2.07. The first-order valence-electron chi connectivity index (χ1n) is 7.09. The van der Waals surface area contributed by atoms with Crippen molar-refractivity contribution in [2.45, 2.75) is 6.42 Å². The van der Waals surface area contributed by atoms with Gasteiger partial charge in [0.2, 0.25) is 15.9 Å². The smallest absolute Gasteiger partial charge is 0.233 e. The summed E-state index contributed by atoms with van der Waals surface area (Å²) in [5.41, 5.74) is 1.27. The van der Waals surface area contributed by atoms with E-state index in [1.165, 1.54) is 12.3 Å². The molecule has 8 heteroatoms. The molecule has 1 aromatic carbocycles. The fraction of sp³-hybridized carbons (Fsp3) is 0.125. The van der Waals surface area contributed by atoms with Crippen LogP contribution in [-0.4, -0.2) is 25.9 Å². The van der Waals surface area contributed by atoms with Crippen LogP contribution < -0.4 is 10.0 Å². The number of nitrogens with one attached hydrogen (secondary N) is 2. The number of hydrogen-bond acceptors (Lipinski definition) is 4. The number of pyridine rings is 1. The number of rotatable bonds is 7. The van der Waals surface area contributed by atoms with E-state index in [0.717, 1.165) is 11.0 Å². The molecule has 1 aromatic heterocycles. The van der Waals surface area contributed by atoms with Crippen molar-refractivity contribution in [2.75, 3.05) is 11.9 Å². The van der Waals surface area contributed by atoms with E-state index < -0.39 is 10.0 Å². The molecule has 2 N–H and O–H groups in total. The van der Waals surface area contributed by atoms with E-state index in [1.807, 2.05) is 18.2 Å². The topological polar surface area (TPSA) is 88.2 Å². The third-order valence-electron chi connectivity index (χ3n) is 2.91. The predicted octanol–water partition coefficient (Wildman–Crippen LogP) is 2.65. The van der Waals surface area contributed by atoms with Crippen molar-refractivity contribution in [1.29, 1.82) is 0 Å². The number of amides is 1. The zero-order valence-corrected chi connectivity index (χ0v) is 14.2. The van der Waals surface area contributed by atoms with E-state index in [-0.39, 0.29) is 18.9 Å². The van der Waals surface area contributed by atoms with Gasteiger partial charge in [-0.15, -0.1) is 0 Å². The minimum Gasteiger partial charge on any atom is -0.325 e. The molecular formula is C16H16ClN3O3S. The van der Waals surface area contributed by atoms with Gasteiger partial charge in [0.05, 0.1) is 11.9 Å². The lowest BCUT2D eigenvalue weighted by Gasteiger charge is -2.05. The Morgan fingerprint density at radius 3 is 2.58 bits per heavy atom. The number of carbonyl (C=O) groups is 1. The lowest BCUT2D eigenvalue weighted by molar-refractivity contribution is -0.116. The van der Waals surface area contributed by atoms with Gasteiger partial charge >= 0.3 is 0 Å². The van der Waals surface area contributed by atoms with Crippen LogP contribution in [0.4, 0.5) is 5.69 Å². The van der Waals surface area contributed by atoms with Crippen LogP contribution in [0.5, 0.6) is 0 Å². The summed E-state index contributed by atoms with van der Waals surface area (Å²) in [4.78, 5) is 15.6. The van der Waals surface area contributed by atoms with E-state index in [9.17, 15) is 13.2 Å². The zero-order chi connectivity index (χ0) is 17.4. The SMILES string of the molecule is O=C(CCNS(=O)(=O)/C=C/c1ccccc1)Nc1ccc(Cl)nc1. The first-order chi connectivity index (χ1) is 11.4. The fourth-order valence-electron chi connectivity index (χ4n) is 1.76. The first kappa shape index (κ1) is 18.1. The molecule has 1 heterocycles. The maximum absolute atomic E-state index is 11.8. The van der Waals surface area contributed by atoms with Crippen LogP contribution >= 0.6 is 11.6 Å². The predicted molar refractivity (Wildman–Crippen MR) is 94.9 cm³/mol. The van der Waals surface area contributed by atoms with Crippen molar-refractivity contribution in [3.05, 3.63) is 64.8 Å². The van der Waals surface area contributed by atoms with E-state index in [4.69, 9.17) is 11.6 Å². The van der Waals surface area contributed by atoms with Crippen LogP contribution in [0.25, 0.3) is 6.08 Å². The molecule has 0 aliphatic heterocycles. The molecule has 0 saturated heterocycles. The maximum atomic E-state index is 11.8. The second-order valence-electron chi connectivity index (χ2n) is 4.82. The van der Waals surface area contributed by atoms with Crippen molar-refractivity contribution in [3.63, 3.8) is 0 Å². The average Bonchev–Trinajstić information content (AvgIpc) is 2.56. The van der Waals surface area contributed by atoms with Crippen LogP contribution in [0.2, 0.25) is 5.15 Å². The Balaban J connectivity index is 1.79. The number of hydrogen-bond donors (Lipinski definition) is 2. The minimum atomic E-state index is -3.59. The fourth-order valence-corrected chi connectivity index (χ4v) is 2.69. The molecule has 6 nitrogen and oxygen atoms in total. The number of halogens is 1. The zero-order valence-electron chi connectivity index (χ0n) is 12.6. The summed E-state index contributed by atoms with van der Waals surface area (Å²) in [6.45, 7) is -0.00564. The standard InChI is InChI=1S/C16H16ClN3O3S/c17-15-7-6-14(12-18-15)20-16(21)8-10-19-24(22,23)11-9-13-4-2-1-3-5-13/h1-7,9,11-12,19H,8,10H2,(H,20,21)/b11-9+. The number of anilines is 1. The van der Waals surface area contributed by atoms with Gasteiger partial charge in [0.1, 0.15) is 5.15 Å². The van der Waals surface area contributed by atoms with Gasteiger partial charge in [0.15, 0.2) is 0 Å². The molecular weight excluding hydrogens is 350 g/mol. The second-order valence-corrected chi connectivity index (χ2v) is 6.86. The lowest BCUT2D eigenvalue weighted by atomic mass is 10.2. The van der Waals surface area contributed by atoms with Crippen LogP contribution in [0.15, 0.2) is 54.1 Å². The van der Waals surface area contributed by atoms with Crippen molar-refractivity contribution in [2.24, 2.45) is 0 Å². The summed E-state index contributed by atoms with van der Waals surface area (Å²) in [6, 6.07) is 12.2. The monoisotopic (exact) mass is 365 g/mol. The van der Waals surface area contributed by atoms with Crippen LogP contribution in [-0.2, 0) is 14.8 Å². The number of sulfonamides is 1. The summed E-state index contributed by atoms with van der Waals surface area (Å²) in [5, 5.41) is 4.00.